The van der Waals surface area contributed by atoms with Crippen LogP contribution in [0.1, 0.15) is 19.4 Å². The Kier molecular flexibility index (Phi) is 5.12. The Morgan fingerprint density at radius 3 is 2.50 bits per heavy atom. The number of nitrogens with one attached hydrogen (secondary N) is 1. The summed E-state index contributed by atoms with van der Waals surface area (Å²) in [6, 6.07) is 7.37. The molecule has 0 heterocycles. The molecule has 0 aliphatic heterocycles. The third-order valence-corrected chi connectivity index (χ3v) is 2.47. The minimum absolute atomic E-state index is 0.0762. The lowest BCUT2D eigenvalue weighted by atomic mass is 10.1. The quantitative estimate of drug-likeness (QED) is 0.656. The number of aliphatic hydroxyl groups is 1. The van der Waals surface area contributed by atoms with Gasteiger partial charge >= 0.3 is 0 Å². The first kappa shape index (κ1) is 14.5. The first-order valence-electron chi connectivity index (χ1n) is 5.79. The molecule has 1 aromatic carbocycles. The molecule has 5 nitrogen and oxygen atoms in total. The zero-order valence-electron chi connectivity index (χ0n) is 10.8. The van der Waals surface area contributed by atoms with Crippen LogP contribution in [0.25, 0.3) is 0 Å². The Morgan fingerprint density at radius 1 is 1.39 bits per heavy atom. The maximum absolute atomic E-state index is 10.5. The van der Waals surface area contributed by atoms with Crippen molar-refractivity contribution >= 4 is 5.91 Å². The van der Waals surface area contributed by atoms with Crippen molar-refractivity contribution in [2.24, 2.45) is 5.73 Å². The molecule has 1 amide bonds. The van der Waals surface area contributed by atoms with E-state index in [1.165, 1.54) is 0 Å². The van der Waals surface area contributed by atoms with Crippen LogP contribution in [0.5, 0.6) is 5.75 Å². The molecule has 18 heavy (non-hydrogen) atoms. The van der Waals surface area contributed by atoms with E-state index in [0.717, 1.165) is 5.56 Å². The van der Waals surface area contributed by atoms with Crippen molar-refractivity contribution in [1.29, 1.82) is 0 Å². The second kappa shape index (κ2) is 6.37. The number of nitrogens with two attached hydrogens (primary N) is 1. The zero-order chi connectivity index (χ0) is 13.6. The highest BCUT2D eigenvalue weighted by atomic mass is 16.5. The molecule has 0 saturated heterocycles. The van der Waals surface area contributed by atoms with Crippen LogP contribution in [-0.4, -0.2) is 29.8 Å². The predicted octanol–water partition coefficient (Wildman–Crippen LogP) is 0.411. The van der Waals surface area contributed by atoms with E-state index in [4.69, 9.17) is 15.6 Å². The first-order chi connectivity index (χ1) is 8.43. The molecule has 0 aliphatic rings. The van der Waals surface area contributed by atoms with Gasteiger partial charge in [-0.25, -0.2) is 0 Å². The molecule has 5 heteroatoms. The fraction of sp³-hybridized carbons (Fsp3) is 0.462. The molecule has 0 saturated carbocycles. The van der Waals surface area contributed by atoms with Crippen LogP contribution in [0.2, 0.25) is 0 Å². The van der Waals surface area contributed by atoms with Crippen molar-refractivity contribution in [3.63, 3.8) is 0 Å². The standard InChI is InChI=1S/C13H20N2O3/c1-13(2,9-16)15-7-10-3-5-11(6-4-10)18-8-12(14)17/h3-6,15-16H,7-9H2,1-2H3,(H2,14,17). The number of hydrogen-bond donors (Lipinski definition) is 3. The number of aliphatic hydroxyl groups excluding tert-OH is 1. The highest BCUT2D eigenvalue weighted by Crippen LogP contribution is 2.12. The summed E-state index contributed by atoms with van der Waals surface area (Å²) in [5.41, 5.74) is 5.75. The number of rotatable bonds is 7. The third kappa shape index (κ3) is 5.16. The Labute approximate surface area is 107 Å². The van der Waals surface area contributed by atoms with Gasteiger partial charge in [-0.1, -0.05) is 12.1 Å². The second-order valence-corrected chi connectivity index (χ2v) is 4.79. The van der Waals surface area contributed by atoms with Gasteiger partial charge in [-0.15, -0.1) is 0 Å². The number of primary amides is 1. The zero-order valence-corrected chi connectivity index (χ0v) is 10.8. The van der Waals surface area contributed by atoms with Gasteiger partial charge in [0.05, 0.1) is 6.61 Å². The van der Waals surface area contributed by atoms with Crippen LogP contribution >= 0.6 is 0 Å². The second-order valence-electron chi connectivity index (χ2n) is 4.79. The number of carbonyl (C=O) groups excluding carboxylic acids is 1. The number of hydrogen-bond acceptors (Lipinski definition) is 4. The van der Waals surface area contributed by atoms with Crippen LogP contribution in [0, 0.1) is 0 Å². The van der Waals surface area contributed by atoms with Gasteiger partial charge in [0.15, 0.2) is 6.61 Å². The van der Waals surface area contributed by atoms with E-state index in [9.17, 15) is 4.79 Å². The molecule has 0 spiro atoms. The van der Waals surface area contributed by atoms with Crippen LogP contribution in [0.15, 0.2) is 24.3 Å². The molecule has 4 N–H and O–H groups in total. The van der Waals surface area contributed by atoms with Crippen molar-refractivity contribution < 1.29 is 14.6 Å². The van der Waals surface area contributed by atoms with Gasteiger partial charge < -0.3 is 20.9 Å². The molecule has 0 aliphatic carbocycles. The van der Waals surface area contributed by atoms with Gasteiger partial charge in [0.25, 0.3) is 5.91 Å². The summed E-state index contributed by atoms with van der Waals surface area (Å²) in [7, 11) is 0. The topological polar surface area (TPSA) is 84.6 Å². The number of carbonyl (C=O) groups is 1. The number of amides is 1. The smallest absolute Gasteiger partial charge is 0.255 e. The van der Waals surface area contributed by atoms with Gasteiger partial charge in [0.1, 0.15) is 5.75 Å². The van der Waals surface area contributed by atoms with Gasteiger partial charge in [0, 0.05) is 12.1 Å². The molecular weight excluding hydrogens is 232 g/mol. The molecule has 0 atom stereocenters. The van der Waals surface area contributed by atoms with E-state index in [0.29, 0.717) is 12.3 Å². The molecule has 1 rings (SSSR count). The monoisotopic (exact) mass is 252 g/mol. The largest absolute Gasteiger partial charge is 0.484 e. The highest BCUT2D eigenvalue weighted by Gasteiger charge is 2.14. The molecule has 100 valence electrons. The predicted molar refractivity (Wildman–Crippen MR) is 69.1 cm³/mol. The summed E-state index contributed by atoms with van der Waals surface area (Å²) < 4.78 is 5.15. The van der Waals surface area contributed by atoms with Crippen molar-refractivity contribution in [2.45, 2.75) is 25.9 Å². The Hall–Kier alpha value is -1.59. The van der Waals surface area contributed by atoms with Crippen LogP contribution < -0.4 is 15.8 Å². The summed E-state index contributed by atoms with van der Waals surface area (Å²) in [6.07, 6.45) is 0. The van der Waals surface area contributed by atoms with E-state index in [1.54, 1.807) is 12.1 Å². The van der Waals surface area contributed by atoms with E-state index in [2.05, 4.69) is 5.32 Å². The summed E-state index contributed by atoms with van der Waals surface area (Å²) in [6.45, 7) is 4.47. The Morgan fingerprint density at radius 2 is 2.00 bits per heavy atom. The number of ether oxygens (including phenoxy) is 1. The molecule has 0 aromatic heterocycles. The van der Waals surface area contributed by atoms with E-state index in [1.807, 2.05) is 26.0 Å². The van der Waals surface area contributed by atoms with Crippen molar-refractivity contribution in [3.8, 4) is 5.75 Å². The SMILES string of the molecule is CC(C)(CO)NCc1ccc(OCC(N)=O)cc1. The average Bonchev–Trinajstić information content (AvgIpc) is 2.35. The summed E-state index contributed by atoms with van der Waals surface area (Å²) in [5.74, 6) is 0.115. The summed E-state index contributed by atoms with van der Waals surface area (Å²) in [4.78, 5) is 10.5. The van der Waals surface area contributed by atoms with Crippen molar-refractivity contribution in [3.05, 3.63) is 29.8 Å². The molecule has 0 bridgehead atoms. The first-order valence-corrected chi connectivity index (χ1v) is 5.79. The Bertz CT molecular complexity index is 388. The molecule has 0 radical (unpaired) electrons. The van der Waals surface area contributed by atoms with Gasteiger partial charge in [0.2, 0.25) is 0 Å². The fourth-order valence-corrected chi connectivity index (χ4v) is 1.26. The maximum atomic E-state index is 10.5. The molecule has 0 unspecified atom stereocenters. The maximum Gasteiger partial charge on any atom is 0.255 e. The van der Waals surface area contributed by atoms with Gasteiger partial charge in [-0.05, 0) is 31.5 Å². The molecule has 0 fully saturated rings. The lowest BCUT2D eigenvalue weighted by molar-refractivity contribution is -0.119. The van der Waals surface area contributed by atoms with E-state index < -0.39 is 5.91 Å². The van der Waals surface area contributed by atoms with Crippen LogP contribution in [0.3, 0.4) is 0 Å². The van der Waals surface area contributed by atoms with Crippen molar-refractivity contribution in [2.75, 3.05) is 13.2 Å². The lowest BCUT2D eigenvalue weighted by Crippen LogP contribution is -2.42. The molecular formula is C13H20N2O3. The minimum atomic E-state index is -0.495. The summed E-state index contributed by atoms with van der Waals surface area (Å²) >= 11 is 0. The Balaban J connectivity index is 2.47. The number of benzene rings is 1. The van der Waals surface area contributed by atoms with E-state index >= 15 is 0 Å². The average molecular weight is 252 g/mol. The van der Waals surface area contributed by atoms with Gasteiger partial charge in [-0.2, -0.15) is 0 Å². The third-order valence-electron chi connectivity index (χ3n) is 2.47. The van der Waals surface area contributed by atoms with Gasteiger partial charge in [-0.3, -0.25) is 4.79 Å². The normalized spacial score (nSPS) is 11.3. The highest BCUT2D eigenvalue weighted by molar-refractivity contribution is 5.75. The van der Waals surface area contributed by atoms with Crippen LogP contribution in [-0.2, 0) is 11.3 Å². The minimum Gasteiger partial charge on any atom is -0.484 e. The fourth-order valence-electron chi connectivity index (χ4n) is 1.26. The molecule has 1 aromatic rings. The summed E-state index contributed by atoms with van der Waals surface area (Å²) in [5, 5.41) is 12.3. The van der Waals surface area contributed by atoms with Crippen molar-refractivity contribution in [1.82, 2.24) is 5.32 Å². The van der Waals surface area contributed by atoms with E-state index in [-0.39, 0.29) is 18.8 Å². The van der Waals surface area contributed by atoms with Crippen LogP contribution in [0.4, 0.5) is 0 Å². The lowest BCUT2D eigenvalue weighted by Gasteiger charge is -2.23.